The molecule has 0 spiro atoms. The van der Waals surface area contributed by atoms with Gasteiger partial charge in [-0.15, -0.1) is 11.8 Å². The van der Waals surface area contributed by atoms with Crippen LogP contribution in [0.5, 0.6) is 0 Å². The standard InChI is InChI=1S/C19H19NO3S/c1-12(19(22)23)17(13-7-3-2-4-8-13)20-18(21)16-11-14-9-5-6-10-15(14)24-16/h2-10,12,16-17H,11H2,1H3,(H,20,21)(H,22,23). The van der Waals surface area contributed by atoms with Gasteiger partial charge >= 0.3 is 5.97 Å². The van der Waals surface area contributed by atoms with E-state index in [1.807, 2.05) is 54.6 Å². The maximum Gasteiger partial charge on any atom is 0.308 e. The van der Waals surface area contributed by atoms with Gasteiger partial charge in [0.05, 0.1) is 17.2 Å². The van der Waals surface area contributed by atoms with E-state index < -0.39 is 17.9 Å². The van der Waals surface area contributed by atoms with E-state index in [0.29, 0.717) is 6.42 Å². The number of amides is 1. The summed E-state index contributed by atoms with van der Waals surface area (Å²) >= 11 is 1.54. The lowest BCUT2D eigenvalue weighted by Crippen LogP contribution is -2.40. The van der Waals surface area contributed by atoms with Gasteiger partial charge in [0.2, 0.25) is 5.91 Å². The van der Waals surface area contributed by atoms with Crippen LogP contribution in [0.4, 0.5) is 0 Å². The molecule has 2 N–H and O–H groups in total. The van der Waals surface area contributed by atoms with E-state index in [0.717, 1.165) is 10.5 Å². The number of hydrogen-bond donors (Lipinski definition) is 2. The predicted molar refractivity (Wildman–Crippen MR) is 93.9 cm³/mol. The highest BCUT2D eigenvalue weighted by molar-refractivity contribution is 8.01. The molecule has 24 heavy (non-hydrogen) atoms. The zero-order valence-electron chi connectivity index (χ0n) is 13.3. The number of hydrogen-bond acceptors (Lipinski definition) is 3. The van der Waals surface area contributed by atoms with Crippen LogP contribution >= 0.6 is 11.8 Å². The average molecular weight is 341 g/mol. The quantitative estimate of drug-likeness (QED) is 0.876. The van der Waals surface area contributed by atoms with Crippen molar-refractivity contribution >= 4 is 23.6 Å². The molecule has 0 bridgehead atoms. The van der Waals surface area contributed by atoms with Crippen molar-refractivity contribution in [3.8, 4) is 0 Å². The zero-order chi connectivity index (χ0) is 17.1. The van der Waals surface area contributed by atoms with Crippen LogP contribution in [0.15, 0.2) is 59.5 Å². The zero-order valence-corrected chi connectivity index (χ0v) is 14.1. The number of carboxylic acids is 1. The van der Waals surface area contributed by atoms with Crippen molar-refractivity contribution in [1.29, 1.82) is 0 Å². The Labute approximate surface area is 145 Å². The Kier molecular flexibility index (Phi) is 4.90. The Hall–Kier alpha value is -2.27. The second kappa shape index (κ2) is 7.09. The molecule has 1 heterocycles. The minimum atomic E-state index is -0.925. The van der Waals surface area contributed by atoms with Gasteiger partial charge in [0.1, 0.15) is 0 Å². The molecule has 1 aliphatic heterocycles. The minimum absolute atomic E-state index is 0.113. The molecule has 0 fully saturated rings. The first-order chi connectivity index (χ1) is 11.6. The molecule has 0 aliphatic carbocycles. The van der Waals surface area contributed by atoms with Crippen molar-refractivity contribution in [2.75, 3.05) is 0 Å². The molecule has 1 amide bonds. The third kappa shape index (κ3) is 3.46. The molecule has 124 valence electrons. The maximum atomic E-state index is 12.7. The highest BCUT2D eigenvalue weighted by Crippen LogP contribution is 2.37. The first kappa shape index (κ1) is 16.6. The van der Waals surface area contributed by atoms with E-state index in [2.05, 4.69) is 5.32 Å². The lowest BCUT2D eigenvalue weighted by molar-refractivity contribution is -0.142. The van der Waals surface area contributed by atoms with Gasteiger partial charge in [0, 0.05) is 4.90 Å². The average Bonchev–Trinajstić information content (AvgIpc) is 3.04. The van der Waals surface area contributed by atoms with Crippen LogP contribution in [0.25, 0.3) is 0 Å². The maximum absolute atomic E-state index is 12.7. The molecular weight excluding hydrogens is 322 g/mol. The van der Waals surface area contributed by atoms with Gasteiger partial charge < -0.3 is 10.4 Å². The van der Waals surface area contributed by atoms with Crippen molar-refractivity contribution in [1.82, 2.24) is 5.32 Å². The van der Waals surface area contributed by atoms with Crippen molar-refractivity contribution in [2.24, 2.45) is 5.92 Å². The van der Waals surface area contributed by atoms with E-state index >= 15 is 0 Å². The molecule has 0 aromatic heterocycles. The molecule has 0 saturated carbocycles. The SMILES string of the molecule is CC(C(=O)O)C(NC(=O)C1Cc2ccccc2S1)c1ccccc1. The summed E-state index contributed by atoms with van der Waals surface area (Å²) in [6, 6.07) is 16.7. The molecule has 1 aliphatic rings. The molecule has 0 radical (unpaired) electrons. The van der Waals surface area contributed by atoms with E-state index in [4.69, 9.17) is 0 Å². The van der Waals surface area contributed by atoms with Gasteiger partial charge in [0.25, 0.3) is 0 Å². The third-order valence-electron chi connectivity index (χ3n) is 4.29. The summed E-state index contributed by atoms with van der Waals surface area (Å²) < 4.78 is 0. The van der Waals surface area contributed by atoms with Gasteiger partial charge in [-0.1, -0.05) is 48.5 Å². The monoisotopic (exact) mass is 341 g/mol. The number of rotatable bonds is 5. The number of carboxylic acid groups (broad SMARTS) is 1. The summed E-state index contributed by atoms with van der Waals surface area (Å²) in [4.78, 5) is 25.3. The second-order valence-electron chi connectivity index (χ2n) is 5.94. The van der Waals surface area contributed by atoms with E-state index in [9.17, 15) is 14.7 Å². The van der Waals surface area contributed by atoms with Crippen molar-refractivity contribution in [3.63, 3.8) is 0 Å². The fraction of sp³-hybridized carbons (Fsp3) is 0.263. The van der Waals surface area contributed by atoms with Crippen LogP contribution in [-0.4, -0.2) is 22.2 Å². The predicted octanol–water partition coefficient (Wildman–Crippen LogP) is 3.28. The highest BCUT2D eigenvalue weighted by Gasteiger charge is 2.32. The van der Waals surface area contributed by atoms with Crippen LogP contribution in [-0.2, 0) is 16.0 Å². The van der Waals surface area contributed by atoms with Crippen LogP contribution in [0.3, 0.4) is 0 Å². The smallest absolute Gasteiger partial charge is 0.308 e. The molecule has 4 nitrogen and oxygen atoms in total. The summed E-state index contributed by atoms with van der Waals surface area (Å²) in [7, 11) is 0. The van der Waals surface area contributed by atoms with E-state index in [-0.39, 0.29) is 11.2 Å². The van der Waals surface area contributed by atoms with Gasteiger partial charge in [-0.25, -0.2) is 0 Å². The van der Waals surface area contributed by atoms with Crippen LogP contribution < -0.4 is 5.32 Å². The van der Waals surface area contributed by atoms with Crippen molar-refractivity contribution in [2.45, 2.75) is 29.5 Å². The molecule has 2 aromatic rings. The van der Waals surface area contributed by atoms with E-state index in [1.165, 1.54) is 5.56 Å². The topological polar surface area (TPSA) is 66.4 Å². The Morgan fingerprint density at radius 1 is 1.12 bits per heavy atom. The number of carbonyl (C=O) groups is 2. The summed E-state index contributed by atoms with van der Waals surface area (Å²) in [5.41, 5.74) is 1.98. The molecule has 0 saturated heterocycles. The van der Waals surface area contributed by atoms with Crippen molar-refractivity contribution < 1.29 is 14.7 Å². The Bertz CT molecular complexity index is 722. The first-order valence-electron chi connectivity index (χ1n) is 7.89. The number of benzene rings is 2. The number of thioether (sulfide) groups is 1. The Morgan fingerprint density at radius 2 is 1.79 bits per heavy atom. The minimum Gasteiger partial charge on any atom is -0.481 e. The molecule has 3 rings (SSSR count). The molecule has 2 aromatic carbocycles. The van der Waals surface area contributed by atoms with Crippen molar-refractivity contribution in [3.05, 3.63) is 65.7 Å². The molecular formula is C19H19NO3S. The molecule has 3 unspecified atom stereocenters. The lowest BCUT2D eigenvalue weighted by atomic mass is 9.94. The fourth-order valence-corrected chi connectivity index (χ4v) is 4.08. The third-order valence-corrected chi connectivity index (χ3v) is 5.60. The van der Waals surface area contributed by atoms with Gasteiger partial charge in [-0.2, -0.15) is 0 Å². The number of nitrogens with one attached hydrogen (secondary N) is 1. The number of fused-ring (bicyclic) bond motifs is 1. The van der Waals surface area contributed by atoms with Crippen LogP contribution in [0.1, 0.15) is 24.1 Å². The number of aliphatic carboxylic acids is 1. The summed E-state index contributed by atoms with van der Waals surface area (Å²) in [5.74, 6) is -1.74. The highest BCUT2D eigenvalue weighted by atomic mass is 32.2. The summed E-state index contributed by atoms with van der Waals surface area (Å²) in [6.07, 6.45) is 0.676. The molecule has 5 heteroatoms. The van der Waals surface area contributed by atoms with E-state index in [1.54, 1.807) is 18.7 Å². The summed E-state index contributed by atoms with van der Waals surface area (Å²) in [6.45, 7) is 1.62. The first-order valence-corrected chi connectivity index (χ1v) is 8.77. The van der Waals surface area contributed by atoms with Gasteiger partial charge in [-0.05, 0) is 30.5 Å². The normalized spacial score (nSPS) is 18.5. The Balaban J connectivity index is 1.76. The number of carbonyl (C=O) groups excluding carboxylic acids is 1. The van der Waals surface area contributed by atoms with Crippen LogP contribution in [0, 0.1) is 5.92 Å². The summed E-state index contributed by atoms with van der Waals surface area (Å²) in [5, 5.41) is 12.1. The van der Waals surface area contributed by atoms with Gasteiger partial charge in [0.15, 0.2) is 0 Å². The second-order valence-corrected chi connectivity index (χ2v) is 7.19. The van der Waals surface area contributed by atoms with Crippen LogP contribution in [0.2, 0.25) is 0 Å². The lowest BCUT2D eigenvalue weighted by Gasteiger charge is -2.24. The molecule has 3 atom stereocenters. The largest absolute Gasteiger partial charge is 0.481 e. The Morgan fingerprint density at radius 3 is 2.46 bits per heavy atom. The van der Waals surface area contributed by atoms with Gasteiger partial charge in [-0.3, -0.25) is 9.59 Å². The fourth-order valence-electron chi connectivity index (χ4n) is 2.87.